The van der Waals surface area contributed by atoms with E-state index in [2.05, 4.69) is 11.3 Å². The maximum absolute atomic E-state index is 12.6. The van der Waals surface area contributed by atoms with Gasteiger partial charge in [0.2, 0.25) is 0 Å². The molecule has 0 saturated carbocycles. The van der Waals surface area contributed by atoms with Crippen LogP contribution in [0.1, 0.15) is 5.56 Å². The van der Waals surface area contributed by atoms with Crippen LogP contribution in [0.15, 0.2) is 35.7 Å². The number of halogens is 3. The Bertz CT molecular complexity index is 619. The Labute approximate surface area is 106 Å². The van der Waals surface area contributed by atoms with Crippen LogP contribution in [0.25, 0.3) is 0 Å². The number of carbonyl (C=O) groups is 1. The van der Waals surface area contributed by atoms with Crippen LogP contribution in [-0.2, 0) is 21.1 Å². The predicted molar refractivity (Wildman–Crippen MR) is 57.1 cm³/mol. The number of ether oxygens (including phenoxy) is 1. The molecule has 104 valence electrons. The van der Waals surface area contributed by atoms with Gasteiger partial charge in [0.05, 0.1) is 5.56 Å². The van der Waals surface area contributed by atoms with Crippen LogP contribution in [0.3, 0.4) is 0 Å². The number of alkyl halides is 3. The second kappa shape index (κ2) is 5.02. The minimum atomic E-state index is -5.05. The molecular weight excluding hydrogens is 289 g/mol. The van der Waals surface area contributed by atoms with E-state index in [9.17, 15) is 26.4 Å². The molecule has 9 heteroatoms. The fourth-order valence-electron chi connectivity index (χ4n) is 1.18. The Kier molecular flexibility index (Phi) is 4.01. The second-order valence-electron chi connectivity index (χ2n) is 3.26. The summed E-state index contributed by atoms with van der Waals surface area (Å²) in [5.74, 6) is -1.53. The van der Waals surface area contributed by atoms with Crippen molar-refractivity contribution in [3.05, 3.63) is 36.4 Å². The van der Waals surface area contributed by atoms with Crippen molar-refractivity contribution in [2.45, 2.75) is 11.1 Å². The normalized spacial score (nSPS) is 12.0. The van der Waals surface area contributed by atoms with Crippen molar-refractivity contribution in [1.82, 2.24) is 0 Å². The summed E-state index contributed by atoms with van der Waals surface area (Å²) in [7, 11) is -5.05. The van der Waals surface area contributed by atoms with E-state index < -0.39 is 38.5 Å². The van der Waals surface area contributed by atoms with E-state index in [0.29, 0.717) is 12.1 Å². The molecule has 0 fully saturated rings. The summed E-state index contributed by atoms with van der Waals surface area (Å²) in [6.07, 6.45) is -4.31. The van der Waals surface area contributed by atoms with E-state index in [4.69, 9.17) is 4.55 Å². The highest BCUT2D eigenvalue weighted by molar-refractivity contribution is 7.85. The number of benzene rings is 1. The molecule has 0 aliphatic carbocycles. The van der Waals surface area contributed by atoms with E-state index in [0.717, 1.165) is 12.1 Å². The molecule has 0 aliphatic heterocycles. The van der Waals surface area contributed by atoms with Gasteiger partial charge in [-0.05, 0) is 18.2 Å². The molecule has 0 bridgehead atoms. The largest absolute Gasteiger partial charge is 0.423 e. The minimum absolute atomic E-state index is 0.296. The fraction of sp³-hybridized carbons (Fsp3) is 0.100. The molecule has 5 nitrogen and oxygen atoms in total. The first kappa shape index (κ1) is 15.2. The van der Waals surface area contributed by atoms with Gasteiger partial charge in [-0.15, -0.1) is 0 Å². The zero-order chi connectivity index (χ0) is 14.8. The SMILES string of the molecule is C=CC(=O)Oc1ccc(S(=O)(=O)O)c(C(F)(F)F)c1. The van der Waals surface area contributed by atoms with Gasteiger partial charge in [-0.2, -0.15) is 21.6 Å². The summed E-state index contributed by atoms with van der Waals surface area (Å²) in [4.78, 5) is 9.51. The van der Waals surface area contributed by atoms with Crippen molar-refractivity contribution >= 4 is 16.1 Å². The van der Waals surface area contributed by atoms with Crippen LogP contribution >= 0.6 is 0 Å². The number of hydrogen-bond donors (Lipinski definition) is 1. The van der Waals surface area contributed by atoms with Crippen molar-refractivity contribution < 1.29 is 35.7 Å². The zero-order valence-corrected chi connectivity index (χ0v) is 9.96. The second-order valence-corrected chi connectivity index (χ2v) is 4.65. The van der Waals surface area contributed by atoms with Gasteiger partial charge in [-0.25, -0.2) is 4.79 Å². The van der Waals surface area contributed by atoms with Crippen molar-refractivity contribution in [2.24, 2.45) is 0 Å². The summed E-state index contributed by atoms with van der Waals surface area (Å²) >= 11 is 0. The number of hydrogen-bond acceptors (Lipinski definition) is 4. The molecule has 1 aromatic rings. The summed E-state index contributed by atoms with van der Waals surface area (Å²) in [6.45, 7) is 3.05. The van der Waals surface area contributed by atoms with Gasteiger partial charge in [0.15, 0.2) is 0 Å². The Hall–Kier alpha value is -1.87. The molecule has 1 rings (SSSR count). The van der Waals surface area contributed by atoms with E-state index in [1.165, 1.54) is 0 Å². The monoisotopic (exact) mass is 296 g/mol. The smallest absolute Gasteiger partial charge is 0.417 e. The molecule has 0 amide bonds. The summed E-state index contributed by atoms with van der Waals surface area (Å²) in [6, 6.07) is 1.59. The number of rotatable bonds is 3. The average Bonchev–Trinajstić information content (AvgIpc) is 2.26. The van der Waals surface area contributed by atoms with Gasteiger partial charge in [0, 0.05) is 6.08 Å². The van der Waals surface area contributed by atoms with Crippen LogP contribution < -0.4 is 4.74 Å². The van der Waals surface area contributed by atoms with Gasteiger partial charge < -0.3 is 4.74 Å². The maximum atomic E-state index is 12.6. The molecule has 0 radical (unpaired) electrons. The lowest BCUT2D eigenvalue weighted by Crippen LogP contribution is -2.13. The van der Waals surface area contributed by atoms with Gasteiger partial charge >= 0.3 is 12.1 Å². The highest BCUT2D eigenvalue weighted by Crippen LogP contribution is 2.36. The first-order chi connectivity index (χ1) is 8.55. The highest BCUT2D eigenvalue weighted by atomic mass is 32.2. The topological polar surface area (TPSA) is 80.7 Å². The summed E-state index contributed by atoms with van der Waals surface area (Å²) in [5, 5.41) is 0. The van der Waals surface area contributed by atoms with Crippen LogP contribution in [0, 0.1) is 0 Å². The van der Waals surface area contributed by atoms with Crippen molar-refractivity contribution in [3.8, 4) is 5.75 Å². The van der Waals surface area contributed by atoms with Crippen molar-refractivity contribution in [2.75, 3.05) is 0 Å². The minimum Gasteiger partial charge on any atom is -0.423 e. The lowest BCUT2D eigenvalue weighted by atomic mass is 10.2. The molecular formula is C10H7F3O5S. The van der Waals surface area contributed by atoms with Crippen molar-refractivity contribution in [1.29, 1.82) is 0 Å². The quantitative estimate of drug-likeness (QED) is 0.399. The lowest BCUT2D eigenvalue weighted by molar-refractivity contribution is -0.140. The molecule has 0 spiro atoms. The van der Waals surface area contributed by atoms with Crippen LogP contribution in [0.4, 0.5) is 13.2 Å². The Morgan fingerprint density at radius 1 is 1.37 bits per heavy atom. The number of carbonyl (C=O) groups excluding carboxylic acids is 1. The first-order valence-electron chi connectivity index (χ1n) is 4.58. The van der Waals surface area contributed by atoms with Gasteiger partial charge in [-0.3, -0.25) is 4.55 Å². The molecule has 0 saturated heterocycles. The predicted octanol–water partition coefficient (Wildman–Crippen LogP) is 2.04. The highest BCUT2D eigenvalue weighted by Gasteiger charge is 2.37. The third-order valence-electron chi connectivity index (χ3n) is 1.92. The van der Waals surface area contributed by atoms with E-state index in [1.807, 2.05) is 0 Å². The first-order valence-corrected chi connectivity index (χ1v) is 6.02. The summed E-state index contributed by atoms with van der Waals surface area (Å²) < 4.78 is 72.7. The number of esters is 1. The standard InChI is InChI=1S/C10H7F3O5S/c1-2-9(14)18-6-3-4-8(19(15,16)17)7(5-6)10(11,12)13/h2-5H,1H2,(H,15,16,17). The maximum Gasteiger partial charge on any atom is 0.417 e. The Morgan fingerprint density at radius 3 is 2.37 bits per heavy atom. The van der Waals surface area contributed by atoms with E-state index in [1.54, 1.807) is 0 Å². The van der Waals surface area contributed by atoms with Gasteiger partial charge in [0.1, 0.15) is 10.6 Å². The van der Waals surface area contributed by atoms with Crippen LogP contribution in [-0.4, -0.2) is 18.9 Å². The average molecular weight is 296 g/mol. The van der Waals surface area contributed by atoms with Crippen molar-refractivity contribution in [3.63, 3.8) is 0 Å². The molecule has 0 atom stereocenters. The Morgan fingerprint density at radius 2 is 1.95 bits per heavy atom. The third kappa shape index (κ3) is 3.80. The van der Waals surface area contributed by atoms with E-state index >= 15 is 0 Å². The zero-order valence-electron chi connectivity index (χ0n) is 9.14. The summed E-state index contributed by atoms with van der Waals surface area (Å²) in [5.41, 5.74) is -1.63. The molecule has 0 aromatic heterocycles. The lowest BCUT2D eigenvalue weighted by Gasteiger charge is -2.12. The molecule has 0 heterocycles. The van der Waals surface area contributed by atoms with Gasteiger partial charge in [0.25, 0.3) is 10.1 Å². The third-order valence-corrected chi connectivity index (χ3v) is 2.83. The molecule has 19 heavy (non-hydrogen) atoms. The fourth-order valence-corrected chi connectivity index (χ4v) is 1.87. The molecule has 0 unspecified atom stereocenters. The molecule has 1 N–H and O–H groups in total. The molecule has 1 aromatic carbocycles. The molecule has 0 aliphatic rings. The van der Waals surface area contributed by atoms with Crippen LogP contribution in [0.2, 0.25) is 0 Å². The Balaban J connectivity index is 3.40. The van der Waals surface area contributed by atoms with Gasteiger partial charge in [-0.1, -0.05) is 6.58 Å². The van der Waals surface area contributed by atoms with E-state index in [-0.39, 0.29) is 0 Å². The van der Waals surface area contributed by atoms with Crippen LogP contribution in [0.5, 0.6) is 5.75 Å².